The van der Waals surface area contributed by atoms with Gasteiger partial charge in [0.25, 0.3) is 0 Å². The van der Waals surface area contributed by atoms with Gasteiger partial charge in [-0.3, -0.25) is 9.89 Å². The number of nitrogens with zero attached hydrogens (tertiary/aromatic N) is 1. The number of nitrogens with one attached hydrogen (secondary N) is 2. The van der Waals surface area contributed by atoms with Gasteiger partial charge in [0.1, 0.15) is 0 Å². The summed E-state index contributed by atoms with van der Waals surface area (Å²) in [4.78, 5) is 12.5. The van der Waals surface area contributed by atoms with Gasteiger partial charge in [0.15, 0.2) is 5.78 Å². The molecule has 4 rings (SSSR count). The minimum Gasteiger partial charge on any atom is -0.317 e. The number of hydrogen-bond donors (Lipinski definition) is 2. The number of Topliss-reactive ketones (excluding diaryl/α,β-unsaturated/α-hetero) is 1. The lowest BCUT2D eigenvalue weighted by Crippen LogP contribution is -2.28. The van der Waals surface area contributed by atoms with Crippen molar-refractivity contribution in [2.75, 3.05) is 13.1 Å². The summed E-state index contributed by atoms with van der Waals surface area (Å²) < 4.78 is 0. The van der Waals surface area contributed by atoms with Crippen molar-refractivity contribution in [3.05, 3.63) is 65.4 Å². The van der Waals surface area contributed by atoms with Crippen LogP contribution >= 0.6 is 0 Å². The van der Waals surface area contributed by atoms with Gasteiger partial charge in [0.05, 0.1) is 11.2 Å². The highest BCUT2D eigenvalue weighted by molar-refractivity contribution is 5.96. The van der Waals surface area contributed by atoms with Crippen molar-refractivity contribution in [2.45, 2.75) is 19.3 Å². The molecule has 0 unspecified atom stereocenters. The van der Waals surface area contributed by atoms with E-state index in [9.17, 15) is 4.79 Å². The number of fused-ring (bicyclic) bond motifs is 1. The number of benzene rings is 2. The Morgan fingerprint density at radius 1 is 1.04 bits per heavy atom. The number of para-hydroxylation sites is 1. The normalized spacial score (nSPS) is 15.7. The quantitative estimate of drug-likeness (QED) is 0.678. The molecule has 1 aromatic heterocycles. The van der Waals surface area contributed by atoms with Crippen molar-refractivity contribution in [3.63, 3.8) is 0 Å². The largest absolute Gasteiger partial charge is 0.317 e. The van der Waals surface area contributed by atoms with E-state index >= 15 is 0 Å². The summed E-state index contributed by atoms with van der Waals surface area (Å²) in [5.74, 6) is 0.780. The van der Waals surface area contributed by atoms with Crippen LogP contribution in [0.2, 0.25) is 0 Å². The number of carbonyl (C=O) groups excluding carboxylic acids is 1. The minimum atomic E-state index is 0.255. The van der Waals surface area contributed by atoms with Gasteiger partial charge in [0, 0.05) is 17.4 Å². The highest BCUT2D eigenvalue weighted by Crippen LogP contribution is 2.20. The Bertz CT molecular complexity index is 918. The van der Waals surface area contributed by atoms with Gasteiger partial charge in [-0.2, -0.15) is 5.10 Å². The van der Waals surface area contributed by atoms with E-state index < -0.39 is 0 Å². The van der Waals surface area contributed by atoms with Crippen molar-refractivity contribution in [1.82, 2.24) is 15.5 Å². The van der Waals surface area contributed by atoms with Gasteiger partial charge in [-0.1, -0.05) is 48.5 Å². The predicted molar refractivity (Wildman–Crippen MR) is 106 cm³/mol. The van der Waals surface area contributed by atoms with Gasteiger partial charge in [0.2, 0.25) is 0 Å². The molecule has 2 aromatic carbocycles. The molecule has 0 saturated carbocycles. The van der Waals surface area contributed by atoms with E-state index in [1.165, 1.54) is 0 Å². The van der Waals surface area contributed by atoms with Gasteiger partial charge in [-0.15, -0.1) is 0 Å². The van der Waals surface area contributed by atoms with Gasteiger partial charge in [-0.05, 0) is 49.6 Å². The third-order valence-electron chi connectivity index (χ3n) is 5.10. The predicted octanol–water partition coefficient (Wildman–Crippen LogP) is 4.31. The van der Waals surface area contributed by atoms with E-state index in [-0.39, 0.29) is 5.78 Å². The first-order valence-electron chi connectivity index (χ1n) is 9.25. The van der Waals surface area contributed by atoms with Crippen LogP contribution in [0.15, 0.2) is 48.5 Å². The molecule has 0 radical (unpaired) electrons. The molecule has 4 nitrogen and oxygen atoms in total. The average Bonchev–Trinajstić information content (AvgIpc) is 3.11. The first-order chi connectivity index (χ1) is 12.8. The third-order valence-corrected chi connectivity index (χ3v) is 5.10. The first kappa shape index (κ1) is 16.7. The molecule has 2 N–H and O–H groups in total. The van der Waals surface area contributed by atoms with E-state index in [0.29, 0.717) is 12.3 Å². The number of piperidine rings is 1. The van der Waals surface area contributed by atoms with Crippen LogP contribution in [0.3, 0.4) is 0 Å². The van der Waals surface area contributed by atoms with Crippen molar-refractivity contribution in [3.8, 4) is 0 Å². The molecule has 132 valence electrons. The Hall–Kier alpha value is -2.72. The van der Waals surface area contributed by atoms with E-state index in [0.717, 1.165) is 53.7 Å². The van der Waals surface area contributed by atoms with Crippen molar-refractivity contribution >= 4 is 28.8 Å². The molecule has 1 aliphatic heterocycles. The van der Waals surface area contributed by atoms with Crippen LogP contribution in [0.5, 0.6) is 0 Å². The number of hydrogen-bond acceptors (Lipinski definition) is 3. The van der Waals surface area contributed by atoms with Crippen LogP contribution in [-0.2, 0) is 0 Å². The fourth-order valence-corrected chi connectivity index (χ4v) is 3.53. The van der Waals surface area contributed by atoms with Crippen molar-refractivity contribution < 1.29 is 4.79 Å². The Kier molecular flexibility index (Phi) is 4.93. The second kappa shape index (κ2) is 7.67. The molecule has 3 aromatic rings. The van der Waals surface area contributed by atoms with E-state index in [1.54, 1.807) is 0 Å². The van der Waals surface area contributed by atoms with Crippen LogP contribution in [0.4, 0.5) is 0 Å². The molecule has 1 saturated heterocycles. The lowest BCUT2D eigenvalue weighted by molar-refractivity contribution is 0.0952. The standard InChI is InChI=1S/C22H23N3O/c26-22(15-17-11-13-23-14-12-17)18-8-5-16(6-9-18)7-10-21-19-3-1-2-4-20(19)24-25-21/h1-10,17,23H,11-15H2,(H,24,25). The summed E-state index contributed by atoms with van der Waals surface area (Å²) in [6.45, 7) is 2.06. The molecule has 0 aliphatic carbocycles. The van der Waals surface area contributed by atoms with Gasteiger partial charge >= 0.3 is 0 Å². The molecular formula is C22H23N3O. The summed E-state index contributed by atoms with van der Waals surface area (Å²) in [6.07, 6.45) is 6.90. The lowest BCUT2D eigenvalue weighted by atomic mass is 9.90. The van der Waals surface area contributed by atoms with Crippen LogP contribution < -0.4 is 5.32 Å². The maximum absolute atomic E-state index is 12.5. The SMILES string of the molecule is O=C(CC1CCNCC1)c1ccc(C=Cc2n[nH]c3ccccc23)cc1. The summed E-state index contributed by atoms with van der Waals surface area (Å²) in [7, 11) is 0. The Morgan fingerprint density at radius 3 is 2.62 bits per heavy atom. The molecule has 1 aliphatic rings. The molecule has 0 bridgehead atoms. The van der Waals surface area contributed by atoms with Crippen LogP contribution in [0.1, 0.15) is 40.9 Å². The van der Waals surface area contributed by atoms with Gasteiger partial charge < -0.3 is 5.32 Å². The zero-order valence-electron chi connectivity index (χ0n) is 14.7. The highest BCUT2D eigenvalue weighted by atomic mass is 16.1. The number of carbonyl (C=O) groups is 1. The monoisotopic (exact) mass is 345 g/mol. The fourth-order valence-electron chi connectivity index (χ4n) is 3.53. The van der Waals surface area contributed by atoms with E-state index in [4.69, 9.17) is 0 Å². The smallest absolute Gasteiger partial charge is 0.163 e. The van der Waals surface area contributed by atoms with Crippen LogP contribution in [0.25, 0.3) is 23.1 Å². The zero-order valence-corrected chi connectivity index (χ0v) is 14.7. The molecule has 0 spiro atoms. The summed E-state index contributed by atoms with van der Waals surface area (Å²) in [5, 5.41) is 11.8. The highest BCUT2D eigenvalue weighted by Gasteiger charge is 2.17. The number of H-pyrrole nitrogens is 1. The molecule has 1 fully saturated rings. The van der Waals surface area contributed by atoms with Crippen LogP contribution in [-0.4, -0.2) is 29.1 Å². The zero-order chi connectivity index (χ0) is 17.8. The maximum atomic E-state index is 12.5. The van der Waals surface area contributed by atoms with Gasteiger partial charge in [-0.25, -0.2) is 0 Å². The first-order valence-corrected chi connectivity index (χ1v) is 9.25. The summed E-state index contributed by atoms with van der Waals surface area (Å²) in [6, 6.07) is 16.0. The van der Waals surface area contributed by atoms with Crippen molar-refractivity contribution in [1.29, 1.82) is 0 Å². The Morgan fingerprint density at radius 2 is 1.81 bits per heavy atom. The third kappa shape index (κ3) is 3.75. The minimum absolute atomic E-state index is 0.255. The number of ketones is 1. The molecule has 0 atom stereocenters. The van der Waals surface area contributed by atoms with E-state index in [1.807, 2.05) is 54.6 Å². The second-order valence-corrected chi connectivity index (χ2v) is 6.93. The molecule has 26 heavy (non-hydrogen) atoms. The van der Waals surface area contributed by atoms with Crippen LogP contribution in [0, 0.1) is 5.92 Å². The van der Waals surface area contributed by atoms with Crippen molar-refractivity contribution in [2.24, 2.45) is 5.92 Å². The molecule has 2 heterocycles. The molecule has 4 heteroatoms. The number of aromatic amines is 1. The second-order valence-electron chi connectivity index (χ2n) is 6.93. The Balaban J connectivity index is 1.43. The number of aromatic nitrogens is 2. The molecular weight excluding hydrogens is 322 g/mol. The summed E-state index contributed by atoms with van der Waals surface area (Å²) >= 11 is 0. The maximum Gasteiger partial charge on any atom is 0.163 e. The average molecular weight is 345 g/mol. The lowest BCUT2D eigenvalue weighted by Gasteiger charge is -2.21. The topological polar surface area (TPSA) is 57.8 Å². The molecule has 0 amide bonds. The Labute approximate surface area is 153 Å². The fraction of sp³-hybridized carbons (Fsp3) is 0.273. The van der Waals surface area contributed by atoms with E-state index in [2.05, 4.69) is 21.6 Å². The summed E-state index contributed by atoms with van der Waals surface area (Å²) in [5.41, 5.74) is 3.83. The number of rotatable bonds is 5.